The number of rotatable bonds is 5. The van der Waals surface area contributed by atoms with Crippen LogP contribution in [0, 0.1) is 11.3 Å². The maximum Gasteiger partial charge on any atom is 0.417 e. The summed E-state index contributed by atoms with van der Waals surface area (Å²) in [5.41, 5.74) is 2.71. The predicted octanol–water partition coefficient (Wildman–Crippen LogP) is 6.11. The van der Waals surface area contributed by atoms with Crippen molar-refractivity contribution in [2.75, 3.05) is 18.4 Å². The Hall–Kier alpha value is -3.55. The third kappa shape index (κ3) is 5.17. The predicted molar refractivity (Wildman–Crippen MR) is 134 cm³/mol. The second-order valence-electron chi connectivity index (χ2n) is 8.71. The summed E-state index contributed by atoms with van der Waals surface area (Å²) in [6.45, 7) is 1.72. The zero-order chi connectivity index (χ0) is 25.3. The number of benzene rings is 2. The van der Waals surface area contributed by atoms with E-state index in [0.29, 0.717) is 11.5 Å². The van der Waals surface area contributed by atoms with Gasteiger partial charge in [-0.1, -0.05) is 18.2 Å². The van der Waals surface area contributed by atoms with Gasteiger partial charge in [0.25, 0.3) is 0 Å². The zero-order valence-electron chi connectivity index (χ0n) is 19.5. The van der Waals surface area contributed by atoms with Crippen molar-refractivity contribution in [2.45, 2.75) is 30.0 Å². The van der Waals surface area contributed by atoms with Gasteiger partial charge in [-0.2, -0.15) is 23.5 Å². The summed E-state index contributed by atoms with van der Waals surface area (Å²) in [6.07, 6.45) is -1.76. The minimum Gasteiger partial charge on any atom is -0.367 e. The van der Waals surface area contributed by atoms with Gasteiger partial charge >= 0.3 is 6.18 Å². The third-order valence-electron chi connectivity index (χ3n) is 6.28. The summed E-state index contributed by atoms with van der Waals surface area (Å²) in [7, 11) is 1.83. The normalized spacial score (nSPS) is 15.2. The van der Waals surface area contributed by atoms with Gasteiger partial charge in [0.1, 0.15) is 11.9 Å². The number of fused-ring (bicyclic) bond motifs is 1. The molecule has 36 heavy (non-hydrogen) atoms. The van der Waals surface area contributed by atoms with Gasteiger partial charge in [0.15, 0.2) is 5.69 Å². The second-order valence-corrected chi connectivity index (χ2v) is 9.88. The molecule has 0 spiro atoms. The van der Waals surface area contributed by atoms with Gasteiger partial charge in [0.2, 0.25) is 0 Å². The summed E-state index contributed by atoms with van der Waals surface area (Å²) in [6, 6.07) is 19.2. The molecule has 0 radical (unpaired) electrons. The third-order valence-corrected chi connectivity index (χ3v) is 7.38. The lowest BCUT2D eigenvalue weighted by Crippen LogP contribution is -2.35. The van der Waals surface area contributed by atoms with Crippen LogP contribution in [0.15, 0.2) is 65.7 Å². The number of nitriles is 1. The van der Waals surface area contributed by atoms with E-state index in [1.54, 1.807) is 16.6 Å². The molecule has 3 heterocycles. The summed E-state index contributed by atoms with van der Waals surface area (Å²) in [5.74, 6) is 0.469. The summed E-state index contributed by atoms with van der Waals surface area (Å²) in [4.78, 5) is 5.05. The van der Waals surface area contributed by atoms with Crippen LogP contribution in [0.5, 0.6) is 0 Å². The van der Waals surface area contributed by atoms with Gasteiger partial charge in [-0.15, -0.1) is 0 Å². The molecule has 2 aromatic carbocycles. The van der Waals surface area contributed by atoms with Crippen LogP contribution >= 0.6 is 11.9 Å². The van der Waals surface area contributed by atoms with E-state index in [1.807, 2.05) is 25.2 Å². The molecule has 0 saturated carbocycles. The molecule has 1 aliphatic rings. The molecule has 4 aromatic rings. The van der Waals surface area contributed by atoms with Gasteiger partial charge in [0.05, 0.1) is 11.1 Å². The fourth-order valence-corrected chi connectivity index (χ4v) is 5.28. The number of halogens is 3. The van der Waals surface area contributed by atoms with Crippen LogP contribution in [-0.4, -0.2) is 38.2 Å². The number of nitrogens with one attached hydrogen (secondary N) is 1. The number of nitrogens with zero attached hydrogens (tertiary/aromatic N) is 5. The molecule has 1 saturated heterocycles. The molecular formula is C26H23F3N6S. The minimum atomic E-state index is -4.37. The lowest BCUT2D eigenvalue weighted by Gasteiger charge is -2.31. The van der Waals surface area contributed by atoms with E-state index in [4.69, 9.17) is 0 Å². The Kier molecular flexibility index (Phi) is 6.60. The molecule has 0 amide bonds. The van der Waals surface area contributed by atoms with Crippen LogP contribution < -0.4 is 5.32 Å². The largest absolute Gasteiger partial charge is 0.417 e. The average molecular weight is 509 g/mol. The average Bonchev–Trinajstić information content (AvgIpc) is 3.20. The highest BCUT2D eigenvalue weighted by Crippen LogP contribution is 2.32. The van der Waals surface area contributed by atoms with E-state index in [1.165, 1.54) is 6.07 Å². The molecule has 1 N–H and O–H groups in total. The molecule has 0 atom stereocenters. The van der Waals surface area contributed by atoms with Crippen molar-refractivity contribution in [3.63, 3.8) is 0 Å². The van der Waals surface area contributed by atoms with Crippen LogP contribution in [0.3, 0.4) is 0 Å². The molecule has 0 bridgehead atoms. The second kappa shape index (κ2) is 9.84. The van der Waals surface area contributed by atoms with Crippen molar-refractivity contribution in [1.82, 2.24) is 19.1 Å². The van der Waals surface area contributed by atoms with Gasteiger partial charge in [0, 0.05) is 42.7 Å². The molecule has 0 unspecified atom stereocenters. The molecule has 184 valence electrons. The van der Waals surface area contributed by atoms with Crippen molar-refractivity contribution in [2.24, 2.45) is 7.05 Å². The standard InChI is InChI=1S/C26H23F3N6S/c1-34-24-8-4-18(14-22(24)23(15-30)33-34)17-2-6-21(7-3-17)36-35-12-10-20(11-13-35)32-25-9-5-19(16-31-25)26(27,28)29/h2-9,14,16,20H,10-13H2,1H3,(H,31,32). The van der Waals surface area contributed by atoms with E-state index in [-0.39, 0.29) is 6.04 Å². The highest BCUT2D eigenvalue weighted by atomic mass is 32.2. The first-order valence-corrected chi connectivity index (χ1v) is 12.3. The van der Waals surface area contributed by atoms with Crippen molar-refractivity contribution in [3.05, 3.63) is 72.1 Å². The lowest BCUT2D eigenvalue weighted by atomic mass is 10.0. The number of piperidine rings is 1. The van der Waals surface area contributed by atoms with Gasteiger partial charge in [-0.05, 0) is 72.3 Å². The number of aryl methyl sites for hydroxylation is 1. The monoisotopic (exact) mass is 508 g/mol. The van der Waals surface area contributed by atoms with E-state index >= 15 is 0 Å². The Morgan fingerprint density at radius 3 is 2.39 bits per heavy atom. The first kappa shape index (κ1) is 24.2. The Morgan fingerprint density at radius 2 is 1.75 bits per heavy atom. The maximum atomic E-state index is 12.7. The number of pyridine rings is 1. The van der Waals surface area contributed by atoms with Crippen molar-refractivity contribution < 1.29 is 13.2 Å². The SMILES string of the molecule is Cn1nc(C#N)c2cc(-c3ccc(SN4CCC(Nc5ccc(C(F)(F)F)cn5)CC4)cc3)ccc21. The summed E-state index contributed by atoms with van der Waals surface area (Å²) < 4.78 is 42.2. The van der Waals surface area contributed by atoms with Crippen molar-refractivity contribution >= 4 is 28.7 Å². The van der Waals surface area contributed by atoms with E-state index in [0.717, 1.165) is 65.1 Å². The Labute approximate surface area is 210 Å². The Balaban J connectivity index is 1.16. The highest BCUT2D eigenvalue weighted by molar-refractivity contribution is 7.97. The molecule has 5 rings (SSSR count). The fraction of sp³-hybridized carbons (Fsp3) is 0.269. The molecule has 10 heteroatoms. The van der Waals surface area contributed by atoms with Gasteiger partial charge < -0.3 is 5.32 Å². The van der Waals surface area contributed by atoms with Crippen LogP contribution in [0.4, 0.5) is 19.0 Å². The van der Waals surface area contributed by atoms with Crippen LogP contribution in [0.2, 0.25) is 0 Å². The van der Waals surface area contributed by atoms with Crippen molar-refractivity contribution in [1.29, 1.82) is 5.26 Å². The number of hydrogen-bond acceptors (Lipinski definition) is 6. The lowest BCUT2D eigenvalue weighted by molar-refractivity contribution is -0.137. The maximum absolute atomic E-state index is 12.7. The van der Waals surface area contributed by atoms with Gasteiger partial charge in [-0.25, -0.2) is 9.29 Å². The van der Waals surface area contributed by atoms with E-state index in [2.05, 4.69) is 50.0 Å². The topological polar surface area (TPSA) is 69.8 Å². The number of alkyl halides is 3. The Morgan fingerprint density at radius 1 is 1.03 bits per heavy atom. The van der Waals surface area contributed by atoms with Crippen LogP contribution in [-0.2, 0) is 13.2 Å². The molecular weight excluding hydrogens is 485 g/mol. The highest BCUT2D eigenvalue weighted by Gasteiger charge is 2.30. The number of anilines is 1. The number of hydrogen-bond donors (Lipinski definition) is 1. The Bertz CT molecular complexity index is 1400. The van der Waals surface area contributed by atoms with Gasteiger partial charge in [-0.3, -0.25) is 4.68 Å². The zero-order valence-corrected chi connectivity index (χ0v) is 20.3. The molecule has 1 fully saturated rings. The molecule has 6 nitrogen and oxygen atoms in total. The van der Waals surface area contributed by atoms with E-state index in [9.17, 15) is 18.4 Å². The van der Waals surface area contributed by atoms with Crippen LogP contribution in [0.1, 0.15) is 24.1 Å². The smallest absolute Gasteiger partial charge is 0.367 e. The molecule has 2 aromatic heterocycles. The minimum absolute atomic E-state index is 0.175. The van der Waals surface area contributed by atoms with Crippen molar-refractivity contribution in [3.8, 4) is 17.2 Å². The molecule has 1 aliphatic heterocycles. The first-order chi connectivity index (χ1) is 17.3. The fourth-order valence-electron chi connectivity index (χ4n) is 4.33. The summed E-state index contributed by atoms with van der Waals surface area (Å²) >= 11 is 1.70. The van der Waals surface area contributed by atoms with Crippen LogP contribution in [0.25, 0.3) is 22.0 Å². The quantitative estimate of drug-likeness (QED) is 0.328. The summed E-state index contributed by atoms with van der Waals surface area (Å²) in [5, 5.41) is 17.7. The molecule has 0 aliphatic carbocycles. The number of aromatic nitrogens is 3. The first-order valence-electron chi connectivity index (χ1n) is 11.5. The van der Waals surface area contributed by atoms with E-state index < -0.39 is 11.7 Å².